The molecule has 1 aliphatic heterocycles. The number of carbonyl (C=O) groups is 2. The van der Waals surface area contributed by atoms with Crippen molar-refractivity contribution in [3.8, 4) is 5.75 Å². The molecular weight excluding hydrogens is 664 g/mol. The van der Waals surface area contributed by atoms with Gasteiger partial charge in [-0.3, -0.25) is 14.5 Å². The molecule has 0 fully saturated rings. The number of fused-ring (bicyclic) bond motifs is 1. The molecule has 8 nitrogen and oxygen atoms in total. The van der Waals surface area contributed by atoms with Crippen LogP contribution < -0.4 is 15.0 Å². The minimum absolute atomic E-state index is 0.184. The van der Waals surface area contributed by atoms with Gasteiger partial charge in [0.25, 0.3) is 5.91 Å². The second-order valence-electron chi connectivity index (χ2n) is 13.1. The summed E-state index contributed by atoms with van der Waals surface area (Å²) in [6.07, 6.45) is -5.13. The highest BCUT2D eigenvalue weighted by molar-refractivity contribution is 6.02. The number of alkyl halides is 3. The fourth-order valence-electron chi connectivity index (χ4n) is 6.12. The number of aliphatic hydroxyl groups excluding tert-OH is 1. The van der Waals surface area contributed by atoms with Gasteiger partial charge in [-0.2, -0.15) is 13.2 Å². The van der Waals surface area contributed by atoms with Gasteiger partial charge in [0.15, 0.2) is 5.75 Å². The topological polar surface area (TPSA) is 85.3 Å². The number of hydrogen-bond donors (Lipinski definition) is 2. The fraction of sp³-hybridized carbons (Fsp3) is 0.333. The fourth-order valence-corrected chi connectivity index (χ4v) is 6.12. The highest BCUT2D eigenvalue weighted by Gasteiger charge is 2.35. The van der Waals surface area contributed by atoms with Crippen molar-refractivity contribution in [3.63, 3.8) is 0 Å². The molecule has 0 unspecified atom stereocenters. The van der Waals surface area contributed by atoms with E-state index < -0.39 is 29.8 Å². The van der Waals surface area contributed by atoms with E-state index in [2.05, 4.69) is 10.2 Å². The van der Waals surface area contributed by atoms with Crippen molar-refractivity contribution in [2.45, 2.75) is 45.1 Å². The van der Waals surface area contributed by atoms with E-state index in [1.54, 1.807) is 53.1 Å². The Morgan fingerprint density at radius 3 is 2.29 bits per heavy atom. The number of halogens is 4. The van der Waals surface area contributed by atoms with E-state index in [4.69, 9.17) is 4.74 Å². The van der Waals surface area contributed by atoms with E-state index in [1.165, 1.54) is 18.2 Å². The average Bonchev–Trinajstić information content (AvgIpc) is 3.09. The number of aliphatic hydroxyl groups is 1. The van der Waals surface area contributed by atoms with Crippen LogP contribution in [0.3, 0.4) is 0 Å². The molecule has 5 rings (SSSR count). The van der Waals surface area contributed by atoms with Crippen molar-refractivity contribution in [2.24, 2.45) is 5.92 Å². The normalized spacial score (nSPS) is 16.9. The van der Waals surface area contributed by atoms with Crippen LogP contribution in [-0.4, -0.2) is 72.7 Å². The zero-order chi connectivity index (χ0) is 36.9. The molecule has 3 atom stereocenters. The smallest absolute Gasteiger partial charge is 0.416 e. The number of ether oxygens (including phenoxy) is 1. The van der Waals surface area contributed by atoms with Crippen LogP contribution in [0.25, 0.3) is 0 Å². The van der Waals surface area contributed by atoms with Crippen molar-refractivity contribution in [2.75, 3.05) is 44.0 Å². The summed E-state index contributed by atoms with van der Waals surface area (Å²) in [5.74, 6) is -1.17. The zero-order valence-electron chi connectivity index (χ0n) is 29.0. The number of nitrogens with zero attached hydrogens (tertiary/aromatic N) is 3. The zero-order valence-corrected chi connectivity index (χ0v) is 29.0. The first-order valence-corrected chi connectivity index (χ1v) is 16.7. The minimum atomic E-state index is -4.49. The molecule has 0 spiro atoms. The van der Waals surface area contributed by atoms with E-state index in [0.29, 0.717) is 30.9 Å². The third-order valence-electron chi connectivity index (χ3n) is 9.09. The van der Waals surface area contributed by atoms with Crippen molar-refractivity contribution >= 4 is 28.9 Å². The van der Waals surface area contributed by atoms with Gasteiger partial charge in [0.1, 0.15) is 11.9 Å². The maximum absolute atomic E-state index is 14.4. The molecule has 0 bridgehead atoms. The summed E-state index contributed by atoms with van der Waals surface area (Å²) in [5.41, 5.74) is 2.37. The Morgan fingerprint density at radius 1 is 0.980 bits per heavy atom. The maximum atomic E-state index is 14.4. The molecule has 2 amide bonds. The van der Waals surface area contributed by atoms with Crippen LogP contribution in [0.2, 0.25) is 0 Å². The Labute approximate surface area is 295 Å². The molecule has 270 valence electrons. The standard InChI is InChI=1S/C39H42F4N4O4/c1-25-21-47(26(2)24-48)38(50)31-8-7-10-33(44-36(49)20-27-12-16-29(17-13-27)39(41,42)43)37(31)51-35(25)23-45(3)22-28-14-18-30(19-15-28)46(4)34-11-6-5-9-32(34)40/h5-19,25-26,35,48H,20-24H2,1-4H3,(H,44,49)/t25-,26+,35-/m1/s1. The second-order valence-corrected chi connectivity index (χ2v) is 13.1. The lowest BCUT2D eigenvalue weighted by Gasteiger charge is -2.38. The van der Waals surface area contributed by atoms with E-state index in [9.17, 15) is 32.3 Å². The summed E-state index contributed by atoms with van der Waals surface area (Å²) in [7, 11) is 3.76. The van der Waals surface area contributed by atoms with Gasteiger partial charge >= 0.3 is 6.18 Å². The molecule has 2 N–H and O–H groups in total. The monoisotopic (exact) mass is 706 g/mol. The number of carbonyl (C=O) groups excluding carboxylic acids is 2. The van der Waals surface area contributed by atoms with Crippen molar-refractivity contribution in [3.05, 3.63) is 119 Å². The number of anilines is 3. The molecule has 0 saturated heterocycles. The number of amides is 2. The third kappa shape index (κ3) is 9.05. The van der Waals surface area contributed by atoms with Crippen LogP contribution in [0.15, 0.2) is 91.0 Å². The molecule has 51 heavy (non-hydrogen) atoms. The van der Waals surface area contributed by atoms with E-state index in [0.717, 1.165) is 23.4 Å². The molecule has 0 aliphatic carbocycles. The summed E-state index contributed by atoms with van der Waals surface area (Å²) in [5, 5.41) is 12.8. The molecule has 0 saturated carbocycles. The molecule has 4 aromatic carbocycles. The predicted molar refractivity (Wildman–Crippen MR) is 189 cm³/mol. The highest BCUT2D eigenvalue weighted by Crippen LogP contribution is 2.36. The van der Waals surface area contributed by atoms with Crippen LogP contribution in [-0.2, 0) is 23.9 Å². The summed E-state index contributed by atoms with van der Waals surface area (Å²) in [4.78, 5) is 32.5. The Balaban J connectivity index is 1.35. The van der Waals surface area contributed by atoms with Gasteiger partial charge in [-0.1, -0.05) is 49.4 Å². The second kappa shape index (κ2) is 15.9. The lowest BCUT2D eigenvalue weighted by Crippen LogP contribution is -2.49. The lowest BCUT2D eigenvalue weighted by atomic mass is 9.98. The van der Waals surface area contributed by atoms with Crippen LogP contribution in [0.4, 0.5) is 34.6 Å². The highest BCUT2D eigenvalue weighted by atomic mass is 19.4. The molecular formula is C39H42F4N4O4. The first kappa shape index (κ1) is 37.3. The van der Waals surface area contributed by atoms with Crippen molar-refractivity contribution in [1.82, 2.24) is 9.80 Å². The number of hydrogen-bond acceptors (Lipinski definition) is 6. The van der Waals surface area contributed by atoms with Gasteiger partial charge in [0.2, 0.25) is 5.91 Å². The van der Waals surface area contributed by atoms with Crippen LogP contribution in [0.5, 0.6) is 5.75 Å². The molecule has 1 heterocycles. The van der Waals surface area contributed by atoms with Crippen molar-refractivity contribution in [1.29, 1.82) is 0 Å². The Hall–Kier alpha value is -4.94. The minimum Gasteiger partial charge on any atom is -0.486 e. The number of nitrogens with one attached hydrogen (secondary N) is 1. The van der Waals surface area contributed by atoms with Crippen LogP contribution >= 0.6 is 0 Å². The summed E-state index contributed by atoms with van der Waals surface area (Å²) in [6, 6.07) is 23.1. The summed E-state index contributed by atoms with van der Waals surface area (Å²) >= 11 is 0. The molecule has 4 aromatic rings. The Morgan fingerprint density at radius 2 is 1.65 bits per heavy atom. The first-order valence-electron chi connectivity index (χ1n) is 16.7. The number of benzene rings is 4. The number of para-hydroxylation sites is 2. The lowest BCUT2D eigenvalue weighted by molar-refractivity contribution is -0.137. The molecule has 0 radical (unpaired) electrons. The van der Waals surface area contributed by atoms with Gasteiger partial charge in [0.05, 0.1) is 41.6 Å². The number of likely N-dealkylation sites (N-methyl/N-ethyl adjacent to an activating group) is 1. The van der Waals surface area contributed by atoms with Gasteiger partial charge in [-0.25, -0.2) is 4.39 Å². The SMILES string of the molecule is C[C@@H]1CN([C@@H](C)CO)C(=O)c2cccc(NC(=O)Cc3ccc(C(F)(F)F)cc3)c2O[C@@H]1CN(C)Cc1ccc(N(C)c2ccccc2F)cc1. The Kier molecular flexibility index (Phi) is 11.7. The van der Waals surface area contributed by atoms with E-state index in [1.807, 2.05) is 45.3 Å². The molecule has 1 aliphatic rings. The Bertz CT molecular complexity index is 1820. The van der Waals surface area contributed by atoms with Crippen LogP contribution in [0, 0.1) is 11.7 Å². The van der Waals surface area contributed by atoms with Gasteiger partial charge < -0.3 is 25.0 Å². The largest absolute Gasteiger partial charge is 0.486 e. The van der Waals surface area contributed by atoms with E-state index >= 15 is 0 Å². The maximum Gasteiger partial charge on any atom is 0.416 e. The first-order chi connectivity index (χ1) is 24.2. The summed E-state index contributed by atoms with van der Waals surface area (Å²) in [6.45, 7) is 4.81. The molecule has 0 aromatic heterocycles. The predicted octanol–water partition coefficient (Wildman–Crippen LogP) is 7.15. The molecule has 12 heteroatoms. The van der Waals surface area contributed by atoms with Gasteiger partial charge in [-0.15, -0.1) is 0 Å². The third-order valence-corrected chi connectivity index (χ3v) is 9.09. The van der Waals surface area contributed by atoms with Gasteiger partial charge in [0, 0.05) is 38.3 Å². The van der Waals surface area contributed by atoms with Gasteiger partial charge in [-0.05, 0) is 73.6 Å². The number of rotatable bonds is 11. The average molecular weight is 707 g/mol. The quantitative estimate of drug-likeness (QED) is 0.161. The van der Waals surface area contributed by atoms with Crippen molar-refractivity contribution < 1.29 is 37.0 Å². The van der Waals surface area contributed by atoms with Crippen LogP contribution in [0.1, 0.15) is 40.9 Å². The van der Waals surface area contributed by atoms with E-state index in [-0.39, 0.29) is 47.7 Å². The summed E-state index contributed by atoms with van der Waals surface area (Å²) < 4.78 is 60.0.